The van der Waals surface area contributed by atoms with Crippen molar-refractivity contribution < 1.29 is 22.7 Å². The summed E-state index contributed by atoms with van der Waals surface area (Å²) in [5.74, 6) is -0.841. The van der Waals surface area contributed by atoms with Crippen LogP contribution in [0.3, 0.4) is 0 Å². The predicted molar refractivity (Wildman–Crippen MR) is 84.7 cm³/mol. The largest absolute Gasteiger partial charge is 0.483 e. The second kappa shape index (κ2) is 7.38. The number of rotatable bonds is 5. The highest BCUT2D eigenvalue weighted by Gasteiger charge is 2.34. The molecule has 0 aliphatic rings. The molecular formula is C18H18F3NO2. The van der Waals surface area contributed by atoms with E-state index in [9.17, 15) is 18.0 Å². The van der Waals surface area contributed by atoms with E-state index < -0.39 is 24.3 Å². The number of hydrogen-bond donors (Lipinski definition) is 1. The first-order valence-electron chi connectivity index (χ1n) is 7.43. The smallest absolute Gasteiger partial charge is 0.419 e. The highest BCUT2D eigenvalue weighted by atomic mass is 19.4. The Morgan fingerprint density at radius 2 is 1.75 bits per heavy atom. The van der Waals surface area contributed by atoms with Crippen molar-refractivity contribution in [2.24, 2.45) is 0 Å². The number of carbonyl (C=O) groups excluding carboxylic acids is 1. The van der Waals surface area contributed by atoms with Crippen LogP contribution in [-0.2, 0) is 11.0 Å². The molecule has 128 valence electrons. The third-order valence-electron chi connectivity index (χ3n) is 3.58. The Bertz CT molecular complexity index is 713. The normalized spacial score (nSPS) is 12.5. The van der Waals surface area contributed by atoms with Crippen LogP contribution in [0, 0.1) is 6.92 Å². The second-order valence-corrected chi connectivity index (χ2v) is 5.43. The number of carbonyl (C=O) groups is 1. The summed E-state index contributed by atoms with van der Waals surface area (Å²) in [5, 5.41) is 2.72. The van der Waals surface area contributed by atoms with Crippen molar-refractivity contribution >= 4 is 5.91 Å². The van der Waals surface area contributed by atoms with Crippen LogP contribution in [0.25, 0.3) is 0 Å². The average Bonchev–Trinajstić information content (AvgIpc) is 2.52. The monoisotopic (exact) mass is 337 g/mol. The van der Waals surface area contributed by atoms with Crippen molar-refractivity contribution in [1.82, 2.24) is 5.32 Å². The van der Waals surface area contributed by atoms with E-state index in [2.05, 4.69) is 5.32 Å². The number of ether oxygens (including phenoxy) is 1. The standard InChI is InChI=1S/C18H18F3NO2/c1-12-7-3-4-8-14(12)13(2)22-17(23)11-24-16-10-6-5-9-15(16)18(19,20)21/h3-10,13H,11H2,1-2H3,(H,22,23). The molecule has 0 aromatic heterocycles. The molecule has 2 aromatic rings. The van der Waals surface area contributed by atoms with E-state index >= 15 is 0 Å². The first kappa shape index (κ1) is 17.8. The lowest BCUT2D eigenvalue weighted by Crippen LogP contribution is -2.31. The Hall–Kier alpha value is -2.50. The van der Waals surface area contributed by atoms with Crippen LogP contribution in [0.2, 0.25) is 0 Å². The Kier molecular flexibility index (Phi) is 5.49. The first-order valence-corrected chi connectivity index (χ1v) is 7.43. The van der Waals surface area contributed by atoms with Crippen LogP contribution in [0.15, 0.2) is 48.5 Å². The molecule has 1 N–H and O–H groups in total. The lowest BCUT2D eigenvalue weighted by molar-refractivity contribution is -0.139. The molecule has 0 saturated carbocycles. The summed E-state index contributed by atoms with van der Waals surface area (Å²) in [6.45, 7) is 3.25. The van der Waals surface area contributed by atoms with Gasteiger partial charge in [-0.25, -0.2) is 0 Å². The zero-order valence-corrected chi connectivity index (χ0v) is 13.4. The lowest BCUT2D eigenvalue weighted by atomic mass is 10.0. The minimum Gasteiger partial charge on any atom is -0.483 e. The van der Waals surface area contributed by atoms with Gasteiger partial charge in [-0.05, 0) is 37.1 Å². The van der Waals surface area contributed by atoms with Gasteiger partial charge in [0.2, 0.25) is 0 Å². The summed E-state index contributed by atoms with van der Waals surface area (Å²) >= 11 is 0. The van der Waals surface area contributed by atoms with E-state index in [1.54, 1.807) is 0 Å². The van der Waals surface area contributed by atoms with Crippen LogP contribution in [0.4, 0.5) is 13.2 Å². The van der Waals surface area contributed by atoms with Gasteiger partial charge in [-0.15, -0.1) is 0 Å². The molecule has 3 nitrogen and oxygen atoms in total. The third kappa shape index (κ3) is 4.50. The average molecular weight is 337 g/mol. The number of nitrogens with one attached hydrogen (secondary N) is 1. The zero-order chi connectivity index (χ0) is 17.7. The molecule has 2 aromatic carbocycles. The molecule has 0 spiro atoms. The number of hydrogen-bond acceptors (Lipinski definition) is 2. The number of aryl methyl sites for hydroxylation is 1. The minimum absolute atomic E-state index is 0.264. The van der Waals surface area contributed by atoms with E-state index in [0.29, 0.717) is 0 Å². The molecule has 0 aliphatic heterocycles. The van der Waals surface area contributed by atoms with Crippen LogP contribution in [0.5, 0.6) is 5.75 Å². The Morgan fingerprint density at radius 3 is 2.42 bits per heavy atom. The number of para-hydroxylation sites is 1. The van der Waals surface area contributed by atoms with Gasteiger partial charge in [-0.3, -0.25) is 4.79 Å². The van der Waals surface area contributed by atoms with Crippen molar-refractivity contribution in [3.8, 4) is 5.75 Å². The molecular weight excluding hydrogens is 319 g/mol. The van der Waals surface area contributed by atoms with Gasteiger partial charge >= 0.3 is 6.18 Å². The SMILES string of the molecule is Cc1ccccc1C(C)NC(=O)COc1ccccc1C(F)(F)F. The van der Waals surface area contributed by atoms with E-state index in [-0.39, 0.29) is 11.8 Å². The van der Waals surface area contributed by atoms with Crippen molar-refractivity contribution in [2.45, 2.75) is 26.1 Å². The van der Waals surface area contributed by atoms with Gasteiger partial charge in [0.1, 0.15) is 5.75 Å². The van der Waals surface area contributed by atoms with Crippen LogP contribution in [-0.4, -0.2) is 12.5 Å². The summed E-state index contributed by atoms with van der Waals surface area (Å²) in [6, 6.07) is 12.1. The fraction of sp³-hybridized carbons (Fsp3) is 0.278. The molecule has 0 fully saturated rings. The summed E-state index contributed by atoms with van der Waals surface area (Å²) in [4.78, 5) is 12.0. The molecule has 1 unspecified atom stereocenters. The number of benzene rings is 2. The highest BCUT2D eigenvalue weighted by Crippen LogP contribution is 2.35. The van der Waals surface area contributed by atoms with E-state index in [4.69, 9.17) is 4.74 Å². The number of halogens is 3. The van der Waals surface area contributed by atoms with Gasteiger partial charge in [0.25, 0.3) is 5.91 Å². The molecule has 24 heavy (non-hydrogen) atoms. The Labute approximate surface area is 138 Å². The second-order valence-electron chi connectivity index (χ2n) is 5.43. The zero-order valence-electron chi connectivity index (χ0n) is 13.4. The van der Waals surface area contributed by atoms with Gasteiger partial charge in [-0.2, -0.15) is 13.2 Å². The summed E-state index contributed by atoms with van der Waals surface area (Å²) in [7, 11) is 0. The van der Waals surface area contributed by atoms with Crippen LogP contribution < -0.4 is 10.1 Å². The maximum atomic E-state index is 12.9. The van der Waals surface area contributed by atoms with Gasteiger partial charge in [0.05, 0.1) is 11.6 Å². The van der Waals surface area contributed by atoms with Gasteiger partial charge < -0.3 is 10.1 Å². The molecule has 0 heterocycles. The molecule has 0 bridgehead atoms. The molecule has 6 heteroatoms. The molecule has 0 saturated heterocycles. The molecule has 1 amide bonds. The quantitative estimate of drug-likeness (QED) is 0.885. The van der Waals surface area contributed by atoms with E-state index in [1.165, 1.54) is 18.2 Å². The highest BCUT2D eigenvalue weighted by molar-refractivity contribution is 5.78. The fourth-order valence-corrected chi connectivity index (χ4v) is 2.40. The maximum absolute atomic E-state index is 12.9. The first-order chi connectivity index (χ1) is 11.3. The summed E-state index contributed by atoms with van der Waals surface area (Å²) in [6.07, 6.45) is -4.53. The topological polar surface area (TPSA) is 38.3 Å². The Balaban J connectivity index is 1.98. The van der Waals surface area contributed by atoms with Gasteiger partial charge in [-0.1, -0.05) is 36.4 Å². The number of alkyl halides is 3. The van der Waals surface area contributed by atoms with E-state index in [1.807, 2.05) is 38.1 Å². The lowest BCUT2D eigenvalue weighted by Gasteiger charge is -2.17. The molecule has 0 aliphatic carbocycles. The van der Waals surface area contributed by atoms with Crippen molar-refractivity contribution in [1.29, 1.82) is 0 Å². The van der Waals surface area contributed by atoms with Crippen LogP contribution in [0.1, 0.15) is 29.7 Å². The van der Waals surface area contributed by atoms with Crippen molar-refractivity contribution in [3.63, 3.8) is 0 Å². The van der Waals surface area contributed by atoms with Gasteiger partial charge in [0, 0.05) is 0 Å². The summed E-state index contributed by atoms with van der Waals surface area (Å²) < 4.78 is 43.7. The maximum Gasteiger partial charge on any atom is 0.419 e. The Morgan fingerprint density at radius 1 is 1.12 bits per heavy atom. The molecule has 2 rings (SSSR count). The number of amides is 1. The predicted octanol–water partition coefficient (Wildman–Crippen LogP) is 4.27. The third-order valence-corrected chi connectivity index (χ3v) is 3.58. The van der Waals surface area contributed by atoms with Gasteiger partial charge in [0.15, 0.2) is 6.61 Å². The minimum atomic E-state index is -4.53. The molecule has 1 atom stereocenters. The molecule has 0 radical (unpaired) electrons. The summed E-state index contributed by atoms with van der Waals surface area (Å²) in [5.41, 5.74) is 1.07. The van der Waals surface area contributed by atoms with Crippen LogP contribution >= 0.6 is 0 Å². The van der Waals surface area contributed by atoms with Crippen molar-refractivity contribution in [2.75, 3.05) is 6.61 Å². The van der Waals surface area contributed by atoms with Crippen molar-refractivity contribution in [3.05, 3.63) is 65.2 Å². The van der Waals surface area contributed by atoms with E-state index in [0.717, 1.165) is 17.2 Å². The fourth-order valence-electron chi connectivity index (χ4n) is 2.40.